The summed E-state index contributed by atoms with van der Waals surface area (Å²) in [6, 6.07) is 12.6. The van der Waals surface area contributed by atoms with Crippen molar-refractivity contribution in [3.63, 3.8) is 0 Å². The fourth-order valence-corrected chi connectivity index (χ4v) is 4.47. The lowest BCUT2D eigenvalue weighted by atomic mass is 9.92. The minimum atomic E-state index is -1.08. The topological polar surface area (TPSA) is 75.6 Å². The molecule has 1 fully saturated rings. The molecule has 0 radical (unpaired) electrons. The van der Waals surface area contributed by atoms with Crippen molar-refractivity contribution in [2.24, 2.45) is 0 Å². The van der Waals surface area contributed by atoms with E-state index in [9.17, 15) is 23.5 Å². The number of carboxylic acid groups (broad SMARTS) is 1. The molecule has 2 aromatic carbocycles. The Morgan fingerprint density at radius 2 is 1.76 bits per heavy atom. The lowest BCUT2D eigenvalue weighted by Crippen LogP contribution is -2.58. The number of quaternary nitrogens is 1. The summed E-state index contributed by atoms with van der Waals surface area (Å²) in [5, 5.41) is 13.2. The Balaban J connectivity index is 1.97. The number of amides is 2. The summed E-state index contributed by atoms with van der Waals surface area (Å²) in [6.45, 7) is 5.55. The van der Waals surface area contributed by atoms with Crippen LogP contribution in [0.5, 0.6) is 0 Å². The molecular formula is C25H31F2N2O4+. The van der Waals surface area contributed by atoms with Crippen LogP contribution >= 0.6 is 0 Å². The quantitative estimate of drug-likeness (QED) is 0.596. The van der Waals surface area contributed by atoms with Gasteiger partial charge in [-0.25, -0.2) is 18.1 Å². The van der Waals surface area contributed by atoms with Gasteiger partial charge in [-0.15, -0.1) is 0 Å². The van der Waals surface area contributed by atoms with Crippen LogP contribution in [-0.2, 0) is 11.3 Å². The molecule has 2 aromatic rings. The van der Waals surface area contributed by atoms with Gasteiger partial charge in [-0.3, -0.25) is 0 Å². The van der Waals surface area contributed by atoms with Gasteiger partial charge >= 0.3 is 12.2 Å². The molecule has 6 nitrogen and oxygen atoms in total. The second kappa shape index (κ2) is 9.87. The number of carbonyl (C=O) groups is 2. The predicted molar refractivity (Wildman–Crippen MR) is 120 cm³/mol. The van der Waals surface area contributed by atoms with Crippen molar-refractivity contribution >= 4 is 12.2 Å². The number of rotatable bonds is 4. The zero-order valence-corrected chi connectivity index (χ0v) is 19.2. The minimum absolute atomic E-state index is 0.0666. The summed E-state index contributed by atoms with van der Waals surface area (Å²) < 4.78 is 33.6. The first-order valence-corrected chi connectivity index (χ1v) is 11.1. The maximum Gasteiger partial charge on any atom is 0.513 e. The van der Waals surface area contributed by atoms with Gasteiger partial charge in [-0.1, -0.05) is 42.5 Å². The number of likely N-dealkylation sites (tertiary alicyclic amines) is 1. The lowest BCUT2D eigenvalue weighted by molar-refractivity contribution is -0.872. The van der Waals surface area contributed by atoms with E-state index in [1.54, 1.807) is 20.8 Å². The molecule has 0 spiro atoms. The van der Waals surface area contributed by atoms with Crippen LogP contribution in [0.15, 0.2) is 48.5 Å². The molecule has 0 aromatic heterocycles. The van der Waals surface area contributed by atoms with Crippen molar-refractivity contribution < 1.29 is 32.7 Å². The Hall–Kier alpha value is -3.00. The summed E-state index contributed by atoms with van der Waals surface area (Å²) >= 11 is 0. The third kappa shape index (κ3) is 6.28. The smallest absolute Gasteiger partial charge is 0.444 e. The summed E-state index contributed by atoms with van der Waals surface area (Å²) in [7, 11) is 0. The normalized spacial score (nSPS) is 23.4. The fraction of sp³-hybridized carbons (Fsp3) is 0.440. The second-order valence-corrected chi connectivity index (χ2v) is 9.70. The van der Waals surface area contributed by atoms with Crippen molar-refractivity contribution in [1.82, 2.24) is 5.32 Å². The van der Waals surface area contributed by atoms with E-state index < -0.39 is 45.9 Å². The van der Waals surface area contributed by atoms with Crippen LogP contribution in [-0.4, -0.2) is 46.5 Å². The highest BCUT2D eigenvalue weighted by molar-refractivity contribution is 5.68. The average Bonchev–Trinajstić information content (AvgIpc) is 2.89. The number of hydrogen-bond acceptors (Lipinski definition) is 3. The van der Waals surface area contributed by atoms with Gasteiger partial charge in [0, 0.05) is 11.5 Å². The van der Waals surface area contributed by atoms with E-state index in [4.69, 9.17) is 4.74 Å². The number of hydrogen-bond donors (Lipinski definition) is 2. The van der Waals surface area contributed by atoms with E-state index in [2.05, 4.69) is 5.32 Å². The number of alkyl carbamates (subject to hydrolysis) is 1. The Bertz CT molecular complexity index is 994. The maximum absolute atomic E-state index is 14.7. The molecule has 1 aliphatic rings. The molecule has 2 N–H and O–H groups in total. The van der Waals surface area contributed by atoms with Crippen LogP contribution in [0.2, 0.25) is 0 Å². The van der Waals surface area contributed by atoms with Crippen molar-refractivity contribution in [2.45, 2.75) is 57.7 Å². The van der Waals surface area contributed by atoms with Crippen LogP contribution in [0.1, 0.15) is 50.7 Å². The summed E-state index contributed by atoms with van der Waals surface area (Å²) in [5.74, 6) is -2.45. The first kappa shape index (κ1) is 24.6. The largest absolute Gasteiger partial charge is 0.513 e. The van der Waals surface area contributed by atoms with Gasteiger partial charge in [0.15, 0.2) is 11.6 Å². The molecule has 8 heteroatoms. The predicted octanol–water partition coefficient (Wildman–Crippen LogP) is 5.43. The standard InChI is InChI=1S/C25H30F2N2O4/c1-25(2,3)33-23(30)28-19-13-12-18(20-10-7-11-21(26)22(20)27)15-29(16-19,24(31)32)14-17-8-5-4-6-9-17/h4-11,18-19H,12-16H2,1-3H3,(H-,28,30,31,32)/p+1/t18-,19-,29?/m1/s1. The van der Waals surface area contributed by atoms with E-state index in [0.717, 1.165) is 11.6 Å². The Morgan fingerprint density at radius 3 is 2.39 bits per heavy atom. The van der Waals surface area contributed by atoms with Gasteiger partial charge in [0.1, 0.15) is 18.7 Å². The molecule has 1 heterocycles. The number of benzene rings is 2. The van der Waals surface area contributed by atoms with Crippen molar-refractivity contribution in [2.75, 3.05) is 13.1 Å². The molecule has 0 bridgehead atoms. The lowest BCUT2D eigenvalue weighted by Gasteiger charge is -2.35. The third-order valence-electron chi connectivity index (χ3n) is 5.88. The minimum Gasteiger partial charge on any atom is -0.444 e. The van der Waals surface area contributed by atoms with Gasteiger partial charge in [0.05, 0.1) is 12.6 Å². The van der Waals surface area contributed by atoms with Crippen molar-refractivity contribution in [3.05, 3.63) is 71.3 Å². The third-order valence-corrected chi connectivity index (χ3v) is 5.88. The second-order valence-electron chi connectivity index (χ2n) is 9.70. The number of nitrogens with one attached hydrogen (secondary N) is 1. The van der Waals surface area contributed by atoms with E-state index in [-0.39, 0.29) is 25.2 Å². The SMILES string of the molecule is CC(C)(C)OC(=O)N[C@@H]1CC[C@@H](c2cccc(F)c2F)C[N+](Cc2ccccc2)(C(=O)O)C1. The number of nitrogens with zero attached hydrogens (tertiary/aromatic N) is 1. The number of halogens is 2. The van der Waals surface area contributed by atoms with E-state index in [1.165, 1.54) is 12.1 Å². The highest BCUT2D eigenvalue weighted by Crippen LogP contribution is 2.34. The van der Waals surface area contributed by atoms with Gasteiger partial charge in [-0.05, 0) is 45.2 Å². The van der Waals surface area contributed by atoms with Crippen molar-refractivity contribution in [1.29, 1.82) is 0 Å². The van der Waals surface area contributed by atoms with E-state index in [0.29, 0.717) is 12.8 Å². The Kier molecular flexibility index (Phi) is 7.37. The summed E-state index contributed by atoms with van der Waals surface area (Å²) in [6.07, 6.45) is -0.921. The average molecular weight is 462 g/mol. The molecule has 178 valence electrons. The van der Waals surface area contributed by atoms with Crippen LogP contribution in [0.25, 0.3) is 0 Å². The molecule has 2 amide bonds. The van der Waals surface area contributed by atoms with E-state index >= 15 is 0 Å². The number of ether oxygens (including phenoxy) is 1. The van der Waals surface area contributed by atoms with Gasteiger partial charge in [0.25, 0.3) is 0 Å². The van der Waals surface area contributed by atoms with Crippen molar-refractivity contribution in [3.8, 4) is 0 Å². The molecular weight excluding hydrogens is 430 g/mol. The molecule has 33 heavy (non-hydrogen) atoms. The van der Waals surface area contributed by atoms with E-state index in [1.807, 2.05) is 30.3 Å². The molecule has 1 saturated heterocycles. The molecule has 1 aliphatic heterocycles. The van der Waals surface area contributed by atoms with Crippen LogP contribution in [0, 0.1) is 11.6 Å². The zero-order chi connectivity index (χ0) is 24.2. The maximum atomic E-state index is 14.7. The first-order valence-electron chi connectivity index (χ1n) is 11.1. The summed E-state index contributed by atoms with van der Waals surface area (Å²) in [4.78, 5) is 25.1. The first-order chi connectivity index (χ1) is 15.5. The van der Waals surface area contributed by atoms with Crippen LogP contribution < -0.4 is 5.32 Å². The monoisotopic (exact) mass is 461 g/mol. The van der Waals surface area contributed by atoms with Gasteiger partial charge in [0.2, 0.25) is 0 Å². The highest BCUT2D eigenvalue weighted by Gasteiger charge is 2.45. The highest BCUT2D eigenvalue weighted by atomic mass is 19.2. The van der Waals surface area contributed by atoms with Crippen LogP contribution in [0.4, 0.5) is 18.4 Å². The van der Waals surface area contributed by atoms with Gasteiger partial charge < -0.3 is 15.2 Å². The van der Waals surface area contributed by atoms with Crippen LogP contribution in [0.3, 0.4) is 0 Å². The number of carbonyl (C=O) groups excluding carboxylic acids is 1. The molecule has 0 aliphatic carbocycles. The fourth-order valence-electron chi connectivity index (χ4n) is 4.47. The molecule has 0 saturated carbocycles. The molecule has 3 atom stereocenters. The zero-order valence-electron chi connectivity index (χ0n) is 19.2. The summed E-state index contributed by atoms with van der Waals surface area (Å²) in [5.41, 5.74) is 0.256. The van der Waals surface area contributed by atoms with Gasteiger partial charge in [-0.2, -0.15) is 4.79 Å². The Labute approximate surface area is 192 Å². The Morgan fingerprint density at radius 1 is 1.06 bits per heavy atom. The molecule has 1 unspecified atom stereocenters. The molecule has 3 rings (SSSR count).